The van der Waals surface area contributed by atoms with Crippen molar-refractivity contribution in [2.24, 2.45) is 7.05 Å². The van der Waals surface area contributed by atoms with Crippen molar-refractivity contribution >= 4 is 17.6 Å². The van der Waals surface area contributed by atoms with Gasteiger partial charge in [-0.1, -0.05) is 19.1 Å². The molecule has 6 nitrogen and oxygen atoms in total. The maximum absolute atomic E-state index is 12.2. The summed E-state index contributed by atoms with van der Waals surface area (Å²) in [7, 11) is 1.74. The lowest BCUT2D eigenvalue weighted by Crippen LogP contribution is -2.15. The van der Waals surface area contributed by atoms with Crippen LogP contribution in [0.4, 0.5) is 5.69 Å². The van der Waals surface area contributed by atoms with Crippen LogP contribution in [-0.2, 0) is 13.5 Å². The van der Waals surface area contributed by atoms with E-state index in [9.17, 15) is 9.59 Å². The van der Waals surface area contributed by atoms with E-state index in [-0.39, 0.29) is 17.2 Å². The Morgan fingerprint density at radius 3 is 2.65 bits per heavy atom. The van der Waals surface area contributed by atoms with Crippen LogP contribution in [0.15, 0.2) is 30.5 Å². The Morgan fingerprint density at radius 1 is 1.30 bits per heavy atom. The van der Waals surface area contributed by atoms with Gasteiger partial charge in [0.25, 0.3) is 5.91 Å². The van der Waals surface area contributed by atoms with E-state index in [2.05, 4.69) is 10.4 Å². The number of rotatable bonds is 4. The largest absolute Gasteiger partial charge is 0.478 e. The predicted octanol–water partition coefficient (Wildman–Crippen LogP) is 1.93. The number of anilines is 1. The van der Waals surface area contributed by atoms with Gasteiger partial charge in [-0.3, -0.25) is 9.48 Å². The second-order valence-electron chi connectivity index (χ2n) is 4.32. The molecule has 1 aromatic heterocycles. The fourth-order valence-electron chi connectivity index (χ4n) is 1.95. The van der Waals surface area contributed by atoms with Crippen molar-refractivity contribution in [1.82, 2.24) is 9.78 Å². The zero-order valence-electron chi connectivity index (χ0n) is 11.3. The smallest absolute Gasteiger partial charge is 0.337 e. The van der Waals surface area contributed by atoms with Gasteiger partial charge >= 0.3 is 5.97 Å². The van der Waals surface area contributed by atoms with E-state index in [0.717, 1.165) is 0 Å². The summed E-state index contributed by atoms with van der Waals surface area (Å²) in [6.45, 7) is 1.91. The Labute approximate surface area is 116 Å². The molecule has 0 bridgehead atoms. The van der Waals surface area contributed by atoms with Crippen LogP contribution in [0, 0.1) is 0 Å². The van der Waals surface area contributed by atoms with E-state index >= 15 is 0 Å². The molecule has 0 aliphatic carbocycles. The number of nitrogens with zero attached hydrogens (tertiary/aromatic N) is 2. The van der Waals surface area contributed by atoms with Gasteiger partial charge in [0.05, 0.1) is 22.5 Å². The molecule has 0 radical (unpaired) electrons. The fourth-order valence-corrected chi connectivity index (χ4v) is 1.95. The fraction of sp³-hybridized carbons (Fsp3) is 0.214. The number of carbonyl (C=O) groups is 2. The van der Waals surface area contributed by atoms with Crippen LogP contribution in [0.2, 0.25) is 0 Å². The molecule has 1 aromatic carbocycles. The first-order chi connectivity index (χ1) is 9.52. The van der Waals surface area contributed by atoms with Gasteiger partial charge in [-0.15, -0.1) is 0 Å². The summed E-state index contributed by atoms with van der Waals surface area (Å²) in [4.78, 5) is 23.3. The number of benzene rings is 1. The van der Waals surface area contributed by atoms with Crippen molar-refractivity contribution in [3.63, 3.8) is 0 Å². The van der Waals surface area contributed by atoms with Crippen LogP contribution in [-0.4, -0.2) is 26.8 Å². The van der Waals surface area contributed by atoms with Gasteiger partial charge in [0.1, 0.15) is 0 Å². The second-order valence-corrected chi connectivity index (χ2v) is 4.32. The van der Waals surface area contributed by atoms with Gasteiger partial charge in [-0.25, -0.2) is 4.79 Å². The van der Waals surface area contributed by atoms with E-state index < -0.39 is 5.97 Å². The molecule has 0 atom stereocenters. The van der Waals surface area contributed by atoms with Crippen molar-refractivity contribution in [2.75, 3.05) is 5.32 Å². The van der Waals surface area contributed by atoms with Gasteiger partial charge in [-0.2, -0.15) is 5.10 Å². The molecule has 0 saturated heterocycles. The van der Waals surface area contributed by atoms with Crippen molar-refractivity contribution in [3.05, 3.63) is 47.3 Å². The zero-order valence-corrected chi connectivity index (χ0v) is 11.3. The Kier molecular flexibility index (Phi) is 3.84. The summed E-state index contributed by atoms with van der Waals surface area (Å²) in [5, 5.41) is 15.9. The van der Waals surface area contributed by atoms with Gasteiger partial charge in [0, 0.05) is 13.2 Å². The third-order valence-corrected chi connectivity index (χ3v) is 2.89. The molecule has 104 valence electrons. The highest BCUT2D eigenvalue weighted by atomic mass is 16.4. The van der Waals surface area contributed by atoms with E-state index in [0.29, 0.717) is 17.7 Å². The van der Waals surface area contributed by atoms with Gasteiger partial charge in [-0.05, 0) is 18.6 Å². The highest BCUT2D eigenvalue weighted by molar-refractivity contribution is 6.08. The molecule has 2 aromatic rings. The topological polar surface area (TPSA) is 84.2 Å². The minimum absolute atomic E-state index is 0.0581. The summed E-state index contributed by atoms with van der Waals surface area (Å²) in [5.74, 6) is -1.44. The first kappa shape index (κ1) is 13.8. The highest BCUT2D eigenvalue weighted by Crippen LogP contribution is 2.17. The molecule has 0 spiro atoms. The monoisotopic (exact) mass is 273 g/mol. The standard InChI is InChI=1S/C14H15N3O3/c1-3-11-10(8-17(2)16-11)13(18)15-12-7-5-4-6-9(12)14(19)20/h4-8H,3H2,1-2H3,(H,15,18)(H,19,20). The van der Waals surface area contributed by atoms with Gasteiger partial charge < -0.3 is 10.4 Å². The molecule has 2 N–H and O–H groups in total. The Morgan fingerprint density at radius 2 is 2.00 bits per heavy atom. The molecule has 6 heteroatoms. The summed E-state index contributed by atoms with van der Waals surface area (Å²) < 4.78 is 1.57. The molecular formula is C14H15N3O3. The number of aromatic carboxylic acids is 1. The Bertz CT molecular complexity index is 661. The van der Waals surface area contributed by atoms with Crippen molar-refractivity contribution in [3.8, 4) is 0 Å². The number of hydrogen-bond donors (Lipinski definition) is 2. The van der Waals surface area contributed by atoms with Crippen LogP contribution in [0.1, 0.15) is 33.3 Å². The van der Waals surface area contributed by atoms with Crippen LogP contribution < -0.4 is 5.32 Å². The summed E-state index contributed by atoms with van der Waals surface area (Å²) in [6.07, 6.45) is 2.25. The molecule has 0 unspecified atom stereocenters. The zero-order chi connectivity index (χ0) is 14.7. The minimum atomic E-state index is -1.08. The number of hydrogen-bond acceptors (Lipinski definition) is 3. The molecular weight excluding hydrogens is 258 g/mol. The van der Waals surface area contributed by atoms with Crippen LogP contribution >= 0.6 is 0 Å². The Balaban J connectivity index is 2.30. The molecule has 0 fully saturated rings. The third kappa shape index (κ3) is 2.69. The number of carboxylic acid groups (broad SMARTS) is 1. The lowest BCUT2D eigenvalue weighted by atomic mass is 10.1. The van der Waals surface area contributed by atoms with Crippen molar-refractivity contribution in [1.29, 1.82) is 0 Å². The molecule has 0 aliphatic heterocycles. The molecule has 20 heavy (non-hydrogen) atoms. The van der Waals surface area contributed by atoms with E-state index in [4.69, 9.17) is 5.11 Å². The number of aromatic nitrogens is 2. The third-order valence-electron chi connectivity index (χ3n) is 2.89. The van der Waals surface area contributed by atoms with Crippen molar-refractivity contribution < 1.29 is 14.7 Å². The van der Waals surface area contributed by atoms with Crippen molar-refractivity contribution in [2.45, 2.75) is 13.3 Å². The molecule has 1 amide bonds. The van der Waals surface area contributed by atoms with Crippen LogP contribution in [0.3, 0.4) is 0 Å². The molecule has 0 aliphatic rings. The number of aryl methyl sites for hydroxylation is 2. The number of amides is 1. The van der Waals surface area contributed by atoms with Crippen LogP contribution in [0.25, 0.3) is 0 Å². The Hall–Kier alpha value is -2.63. The lowest BCUT2D eigenvalue weighted by Gasteiger charge is -2.07. The molecule has 0 saturated carbocycles. The number of nitrogens with one attached hydrogen (secondary N) is 1. The molecule has 1 heterocycles. The number of carbonyl (C=O) groups excluding carboxylic acids is 1. The number of carboxylic acids is 1. The van der Waals surface area contributed by atoms with E-state index in [1.54, 1.807) is 36.1 Å². The number of para-hydroxylation sites is 1. The average Bonchev–Trinajstić information content (AvgIpc) is 2.80. The van der Waals surface area contributed by atoms with Gasteiger partial charge in [0.15, 0.2) is 0 Å². The van der Waals surface area contributed by atoms with Gasteiger partial charge in [0.2, 0.25) is 0 Å². The maximum atomic E-state index is 12.2. The normalized spacial score (nSPS) is 10.3. The SMILES string of the molecule is CCc1nn(C)cc1C(=O)Nc1ccccc1C(=O)O. The van der Waals surface area contributed by atoms with E-state index in [1.807, 2.05) is 6.92 Å². The maximum Gasteiger partial charge on any atom is 0.337 e. The summed E-state index contributed by atoms with van der Waals surface area (Å²) in [6, 6.07) is 6.29. The quantitative estimate of drug-likeness (QED) is 0.891. The van der Waals surface area contributed by atoms with E-state index in [1.165, 1.54) is 6.07 Å². The minimum Gasteiger partial charge on any atom is -0.478 e. The summed E-state index contributed by atoms with van der Waals surface area (Å²) in [5.41, 5.74) is 1.46. The summed E-state index contributed by atoms with van der Waals surface area (Å²) >= 11 is 0. The lowest BCUT2D eigenvalue weighted by molar-refractivity contribution is 0.0698. The second kappa shape index (κ2) is 5.56. The first-order valence-corrected chi connectivity index (χ1v) is 6.19. The van der Waals surface area contributed by atoms with Crippen LogP contribution in [0.5, 0.6) is 0 Å². The highest BCUT2D eigenvalue weighted by Gasteiger charge is 2.17. The average molecular weight is 273 g/mol. The first-order valence-electron chi connectivity index (χ1n) is 6.19. The predicted molar refractivity (Wildman–Crippen MR) is 73.9 cm³/mol. The molecule has 2 rings (SSSR count).